The van der Waals surface area contributed by atoms with E-state index in [1.807, 2.05) is 0 Å². The Hall–Kier alpha value is -4.90. The number of benzene rings is 4. The minimum absolute atomic E-state index is 0.00324. The fourth-order valence-electron chi connectivity index (χ4n) is 4.53. The molecule has 1 fully saturated rings. The number of thioether (sulfide) groups is 1. The number of esters is 1. The van der Waals surface area contributed by atoms with Gasteiger partial charge in [-0.3, -0.25) is 19.2 Å². The average Bonchev–Trinajstić information content (AvgIpc) is 3.34. The highest BCUT2D eigenvalue weighted by atomic mass is 35.5. The van der Waals surface area contributed by atoms with Crippen LogP contribution in [0.15, 0.2) is 108 Å². The molecule has 12 heteroatoms. The lowest BCUT2D eigenvalue weighted by Crippen LogP contribution is -2.31. The molecule has 0 bridgehead atoms. The molecule has 232 valence electrons. The van der Waals surface area contributed by atoms with E-state index in [-0.39, 0.29) is 23.9 Å². The number of carbonyl (C=O) groups is 5. The van der Waals surface area contributed by atoms with Crippen LogP contribution < -0.4 is 15.5 Å². The highest BCUT2D eigenvalue weighted by Crippen LogP contribution is 2.34. The highest BCUT2D eigenvalue weighted by molar-refractivity contribution is 8.00. The number of imide groups is 1. The molecule has 46 heavy (non-hydrogen) atoms. The second-order valence-corrected chi connectivity index (χ2v) is 12.1. The molecule has 0 saturated carbocycles. The zero-order valence-corrected chi connectivity index (χ0v) is 26.5. The third-order valence-electron chi connectivity index (χ3n) is 6.83. The van der Waals surface area contributed by atoms with Crippen LogP contribution in [-0.2, 0) is 19.1 Å². The van der Waals surface area contributed by atoms with Crippen molar-refractivity contribution in [2.75, 3.05) is 17.3 Å². The van der Waals surface area contributed by atoms with Gasteiger partial charge in [-0.15, -0.1) is 11.8 Å². The Morgan fingerprint density at radius 1 is 0.891 bits per heavy atom. The molecule has 0 spiro atoms. The summed E-state index contributed by atoms with van der Waals surface area (Å²) in [5.74, 6) is -2.32. The van der Waals surface area contributed by atoms with Crippen LogP contribution >= 0.6 is 35.0 Å². The van der Waals surface area contributed by atoms with Crippen molar-refractivity contribution in [2.45, 2.75) is 16.6 Å². The molecule has 2 N–H and O–H groups in total. The largest absolute Gasteiger partial charge is 0.465 e. The number of methoxy groups -OCH3 is 1. The molecule has 1 aliphatic heterocycles. The van der Waals surface area contributed by atoms with Gasteiger partial charge in [-0.25, -0.2) is 9.69 Å². The molecule has 4 aromatic rings. The molecule has 0 aliphatic carbocycles. The first-order chi connectivity index (χ1) is 22.1. The summed E-state index contributed by atoms with van der Waals surface area (Å²) in [7, 11) is 1.27. The van der Waals surface area contributed by atoms with Crippen molar-refractivity contribution in [3.63, 3.8) is 0 Å². The van der Waals surface area contributed by atoms with Crippen LogP contribution in [0.3, 0.4) is 0 Å². The summed E-state index contributed by atoms with van der Waals surface area (Å²) in [5.41, 5.74) is 1.89. The Balaban J connectivity index is 1.27. The number of ether oxygens (including phenoxy) is 1. The number of nitrogens with one attached hydrogen (secondary N) is 2. The molecule has 0 aromatic heterocycles. The monoisotopic (exact) mass is 673 g/mol. The molecular weight excluding hydrogens is 649 g/mol. The molecular formula is C34H25Cl2N3O6S. The molecule has 1 saturated heterocycles. The van der Waals surface area contributed by atoms with Crippen molar-refractivity contribution >= 4 is 82.0 Å². The van der Waals surface area contributed by atoms with Gasteiger partial charge >= 0.3 is 5.97 Å². The topological polar surface area (TPSA) is 122 Å². The van der Waals surface area contributed by atoms with E-state index < -0.39 is 23.0 Å². The van der Waals surface area contributed by atoms with E-state index in [2.05, 4.69) is 10.6 Å². The maximum absolute atomic E-state index is 13.4. The SMILES string of the molecule is COC(=O)c1ccc(N2C(=O)CC(Sc3ccc(NC(=O)/C(=C/c4ccc(Cl)cc4Cl)NC(=O)c4ccccc4)cc3)C2=O)cc1. The Labute approximate surface area is 278 Å². The Morgan fingerprint density at radius 2 is 1.59 bits per heavy atom. The standard InChI is InChI=1S/C34H25Cl2N3O6S/c1-45-34(44)21-8-13-25(14-9-21)39-30(40)19-29(33(39)43)46-26-15-11-24(12-16-26)37-32(42)28(17-22-7-10-23(35)18-27(22)36)38-31(41)20-5-3-2-4-6-20/h2-18,29H,19H2,1H3,(H,37,42)(H,38,41)/b28-17-. The van der Waals surface area contributed by atoms with Crippen LogP contribution in [0, 0.1) is 0 Å². The number of halogens is 2. The lowest BCUT2D eigenvalue weighted by molar-refractivity contribution is -0.121. The van der Waals surface area contributed by atoms with Gasteiger partial charge < -0.3 is 15.4 Å². The van der Waals surface area contributed by atoms with Gasteiger partial charge in [0.05, 0.1) is 23.6 Å². The van der Waals surface area contributed by atoms with Gasteiger partial charge in [0.1, 0.15) is 5.70 Å². The molecule has 5 rings (SSSR count). The van der Waals surface area contributed by atoms with Crippen LogP contribution in [0.25, 0.3) is 6.08 Å². The first-order valence-corrected chi connectivity index (χ1v) is 15.4. The van der Waals surface area contributed by atoms with Crippen molar-refractivity contribution < 1.29 is 28.7 Å². The predicted molar refractivity (Wildman–Crippen MR) is 178 cm³/mol. The first kappa shape index (κ1) is 32.5. The van der Waals surface area contributed by atoms with Gasteiger partial charge in [-0.2, -0.15) is 0 Å². The third-order valence-corrected chi connectivity index (χ3v) is 8.59. The number of hydrogen-bond donors (Lipinski definition) is 2. The third kappa shape index (κ3) is 7.66. The summed E-state index contributed by atoms with van der Waals surface area (Å²) in [5, 5.41) is 5.49. The van der Waals surface area contributed by atoms with Crippen molar-refractivity contribution in [1.82, 2.24) is 5.32 Å². The number of anilines is 2. The van der Waals surface area contributed by atoms with Crippen molar-refractivity contribution in [3.05, 3.63) is 129 Å². The zero-order chi connectivity index (χ0) is 32.8. The Morgan fingerprint density at radius 3 is 2.24 bits per heavy atom. The molecule has 1 heterocycles. The summed E-state index contributed by atoms with van der Waals surface area (Å²) in [6.45, 7) is 0. The number of amides is 4. The van der Waals surface area contributed by atoms with Crippen LogP contribution in [0.2, 0.25) is 10.0 Å². The van der Waals surface area contributed by atoms with E-state index in [0.29, 0.717) is 43.0 Å². The summed E-state index contributed by atoms with van der Waals surface area (Å²) in [4.78, 5) is 65.7. The number of rotatable bonds is 9. The molecule has 1 unspecified atom stereocenters. The van der Waals surface area contributed by atoms with Crippen LogP contribution in [0.5, 0.6) is 0 Å². The van der Waals surface area contributed by atoms with Crippen molar-refractivity contribution in [1.29, 1.82) is 0 Å². The van der Waals surface area contributed by atoms with Crippen LogP contribution in [-0.4, -0.2) is 42.0 Å². The van der Waals surface area contributed by atoms with Crippen molar-refractivity contribution in [3.8, 4) is 0 Å². The zero-order valence-electron chi connectivity index (χ0n) is 24.2. The maximum atomic E-state index is 13.4. The minimum atomic E-state index is -0.653. The summed E-state index contributed by atoms with van der Waals surface area (Å²) in [6.07, 6.45) is 1.46. The van der Waals surface area contributed by atoms with E-state index in [9.17, 15) is 24.0 Å². The predicted octanol–water partition coefficient (Wildman–Crippen LogP) is 6.61. The summed E-state index contributed by atoms with van der Waals surface area (Å²) >= 11 is 13.6. The highest BCUT2D eigenvalue weighted by Gasteiger charge is 2.40. The van der Waals surface area contributed by atoms with Crippen molar-refractivity contribution in [2.24, 2.45) is 0 Å². The number of hydrogen-bond acceptors (Lipinski definition) is 7. The van der Waals surface area contributed by atoms with Gasteiger partial charge in [0.25, 0.3) is 11.8 Å². The first-order valence-electron chi connectivity index (χ1n) is 13.8. The number of nitrogens with zero attached hydrogens (tertiary/aromatic N) is 1. The average molecular weight is 675 g/mol. The van der Waals surface area contributed by atoms with Crippen LogP contribution in [0.4, 0.5) is 11.4 Å². The van der Waals surface area contributed by atoms with Gasteiger partial charge in [-0.1, -0.05) is 47.5 Å². The second-order valence-electron chi connectivity index (χ2n) is 9.94. The number of carbonyl (C=O) groups excluding carboxylic acids is 5. The van der Waals surface area contributed by atoms with Gasteiger partial charge in [-0.05, 0) is 84.4 Å². The van der Waals surface area contributed by atoms with E-state index in [1.165, 1.54) is 55.3 Å². The quantitative estimate of drug-likeness (QED) is 0.116. The van der Waals surface area contributed by atoms with E-state index in [0.717, 1.165) is 4.90 Å². The van der Waals surface area contributed by atoms with Crippen LogP contribution in [0.1, 0.15) is 32.7 Å². The summed E-state index contributed by atoms with van der Waals surface area (Å²) in [6, 6.07) is 26.0. The maximum Gasteiger partial charge on any atom is 0.337 e. The van der Waals surface area contributed by atoms with Gasteiger partial charge in [0, 0.05) is 32.6 Å². The molecule has 4 aromatic carbocycles. The molecule has 0 radical (unpaired) electrons. The molecule has 9 nitrogen and oxygen atoms in total. The molecule has 4 amide bonds. The minimum Gasteiger partial charge on any atom is -0.465 e. The van der Waals surface area contributed by atoms with E-state index in [4.69, 9.17) is 27.9 Å². The lowest BCUT2D eigenvalue weighted by Gasteiger charge is -2.15. The fourth-order valence-corrected chi connectivity index (χ4v) is 6.04. The summed E-state index contributed by atoms with van der Waals surface area (Å²) < 4.78 is 4.69. The fraction of sp³-hybridized carbons (Fsp3) is 0.0882. The second kappa shape index (κ2) is 14.5. The Bertz CT molecular complexity index is 1850. The molecule has 1 atom stereocenters. The molecule has 1 aliphatic rings. The normalized spacial score (nSPS) is 14.6. The van der Waals surface area contributed by atoms with Gasteiger partial charge in [0.2, 0.25) is 11.8 Å². The Kier molecular flexibility index (Phi) is 10.2. The van der Waals surface area contributed by atoms with Gasteiger partial charge in [0.15, 0.2) is 0 Å². The lowest BCUT2D eigenvalue weighted by atomic mass is 10.1. The van der Waals surface area contributed by atoms with E-state index in [1.54, 1.807) is 66.7 Å². The smallest absolute Gasteiger partial charge is 0.337 e. The van der Waals surface area contributed by atoms with E-state index >= 15 is 0 Å².